The Hall–Kier alpha value is -3.88. The van der Waals surface area contributed by atoms with E-state index >= 15 is 0 Å². The highest BCUT2D eigenvalue weighted by Crippen LogP contribution is 2.40. The van der Waals surface area contributed by atoms with E-state index in [1.165, 1.54) is 0 Å². The van der Waals surface area contributed by atoms with E-state index in [0.29, 0.717) is 29.1 Å². The van der Waals surface area contributed by atoms with Crippen LogP contribution in [0.2, 0.25) is 0 Å². The van der Waals surface area contributed by atoms with Crippen molar-refractivity contribution < 1.29 is 18.9 Å². The Morgan fingerprint density at radius 3 is 2.37 bits per heavy atom. The largest absolute Gasteiger partial charge is 0.493 e. The molecule has 0 bridgehead atoms. The summed E-state index contributed by atoms with van der Waals surface area (Å²) in [6, 6.07) is 7.42. The van der Waals surface area contributed by atoms with E-state index in [4.69, 9.17) is 23.9 Å². The number of guanidine groups is 1. The van der Waals surface area contributed by atoms with Gasteiger partial charge in [0.2, 0.25) is 17.6 Å². The third kappa shape index (κ3) is 3.57. The highest BCUT2D eigenvalue weighted by molar-refractivity contribution is 5.96. The Morgan fingerprint density at radius 2 is 1.77 bits per heavy atom. The Morgan fingerprint density at radius 1 is 1.00 bits per heavy atom. The van der Waals surface area contributed by atoms with Crippen molar-refractivity contribution in [1.82, 2.24) is 10.3 Å². The summed E-state index contributed by atoms with van der Waals surface area (Å²) < 4.78 is 21.4. The number of methoxy groups -OCH3 is 4. The Bertz CT molecular complexity index is 992. The van der Waals surface area contributed by atoms with Gasteiger partial charge in [0.25, 0.3) is 0 Å². The summed E-state index contributed by atoms with van der Waals surface area (Å²) in [6.07, 6.45) is 7.47. The van der Waals surface area contributed by atoms with Crippen molar-refractivity contribution in [3.63, 3.8) is 0 Å². The lowest BCUT2D eigenvalue weighted by Crippen LogP contribution is -2.37. The first kappa shape index (κ1) is 19.4. The van der Waals surface area contributed by atoms with E-state index in [9.17, 15) is 0 Å². The third-order valence-corrected chi connectivity index (χ3v) is 4.77. The molecular weight excluding hydrogens is 386 g/mol. The van der Waals surface area contributed by atoms with E-state index in [1.54, 1.807) is 34.6 Å². The molecule has 2 aromatic rings. The molecule has 9 heteroatoms. The fraction of sp³-hybridized carbons (Fsp3) is 0.238. The summed E-state index contributed by atoms with van der Waals surface area (Å²) >= 11 is 0. The Kier molecular flexibility index (Phi) is 5.34. The molecule has 156 valence electrons. The van der Waals surface area contributed by atoms with Crippen molar-refractivity contribution in [2.75, 3.05) is 38.7 Å². The summed E-state index contributed by atoms with van der Waals surface area (Å²) in [5.41, 5.74) is 2.70. The van der Waals surface area contributed by atoms with Gasteiger partial charge in [0.1, 0.15) is 0 Å². The second-order valence-corrected chi connectivity index (χ2v) is 6.46. The molecule has 0 saturated carbocycles. The second-order valence-electron chi connectivity index (χ2n) is 6.46. The summed E-state index contributed by atoms with van der Waals surface area (Å²) in [5.74, 6) is 2.80. The van der Waals surface area contributed by atoms with Gasteiger partial charge in [-0.05, 0) is 12.1 Å². The number of pyridine rings is 1. The number of nitrogens with one attached hydrogen (secondary N) is 2. The molecule has 0 radical (unpaired) electrons. The van der Waals surface area contributed by atoms with Gasteiger partial charge in [-0.25, -0.2) is 9.98 Å². The normalized spacial score (nSPS) is 16.8. The molecule has 1 aromatic carbocycles. The molecule has 4 rings (SSSR count). The van der Waals surface area contributed by atoms with Crippen molar-refractivity contribution in [2.24, 2.45) is 4.99 Å². The zero-order valence-corrected chi connectivity index (χ0v) is 17.2. The van der Waals surface area contributed by atoms with Gasteiger partial charge in [-0.2, -0.15) is 0 Å². The summed E-state index contributed by atoms with van der Waals surface area (Å²) in [7, 11) is 6.33. The molecule has 30 heavy (non-hydrogen) atoms. The SMILES string of the molecule is COc1ccc(N2C=CC3=CNC(Nc4cc(OC)c(OC)c(OC)c4)=NC32)cn1. The van der Waals surface area contributed by atoms with Crippen LogP contribution in [0.15, 0.2) is 59.5 Å². The van der Waals surface area contributed by atoms with E-state index in [1.807, 2.05) is 47.6 Å². The number of benzene rings is 1. The third-order valence-electron chi connectivity index (χ3n) is 4.77. The fourth-order valence-electron chi connectivity index (χ4n) is 3.30. The van der Waals surface area contributed by atoms with Crippen LogP contribution in [-0.2, 0) is 0 Å². The number of aliphatic imine (C=N–C) groups is 1. The van der Waals surface area contributed by atoms with Crippen LogP contribution in [0.5, 0.6) is 23.1 Å². The van der Waals surface area contributed by atoms with E-state index in [2.05, 4.69) is 15.6 Å². The maximum Gasteiger partial charge on any atom is 0.213 e. The number of hydrogen-bond acceptors (Lipinski definition) is 9. The second kappa shape index (κ2) is 8.24. The quantitative estimate of drug-likeness (QED) is 0.753. The molecule has 0 fully saturated rings. The van der Waals surface area contributed by atoms with Gasteiger partial charge in [-0.15, -0.1) is 0 Å². The lowest BCUT2D eigenvalue weighted by Gasteiger charge is -2.27. The van der Waals surface area contributed by atoms with Crippen LogP contribution < -0.4 is 34.5 Å². The summed E-state index contributed by atoms with van der Waals surface area (Å²) in [5, 5.41) is 6.46. The molecular formula is C21H23N5O4. The van der Waals surface area contributed by atoms with Crippen LogP contribution >= 0.6 is 0 Å². The van der Waals surface area contributed by atoms with Crippen molar-refractivity contribution >= 4 is 17.3 Å². The van der Waals surface area contributed by atoms with E-state index < -0.39 is 0 Å². The maximum absolute atomic E-state index is 5.42. The highest BCUT2D eigenvalue weighted by atomic mass is 16.5. The zero-order valence-electron chi connectivity index (χ0n) is 17.2. The molecule has 0 saturated heterocycles. The molecule has 0 spiro atoms. The van der Waals surface area contributed by atoms with Gasteiger partial charge in [0.05, 0.1) is 40.3 Å². The van der Waals surface area contributed by atoms with Crippen LogP contribution in [-0.4, -0.2) is 45.5 Å². The predicted molar refractivity (Wildman–Crippen MR) is 115 cm³/mol. The summed E-state index contributed by atoms with van der Waals surface area (Å²) in [6.45, 7) is 0. The molecule has 0 amide bonds. The Labute approximate surface area is 174 Å². The molecule has 1 unspecified atom stereocenters. The van der Waals surface area contributed by atoms with Crippen molar-refractivity contribution in [3.05, 3.63) is 54.5 Å². The topological polar surface area (TPSA) is 89.5 Å². The monoisotopic (exact) mass is 409 g/mol. The van der Waals surface area contributed by atoms with Crippen LogP contribution in [0.3, 0.4) is 0 Å². The number of rotatable bonds is 6. The number of aromatic nitrogens is 1. The molecule has 1 aromatic heterocycles. The number of fused-ring (bicyclic) bond motifs is 1. The molecule has 2 aliphatic heterocycles. The van der Waals surface area contributed by atoms with Gasteiger partial charge in [0, 0.05) is 41.9 Å². The minimum atomic E-state index is -0.203. The molecule has 9 nitrogen and oxygen atoms in total. The van der Waals surface area contributed by atoms with Crippen LogP contribution in [0.1, 0.15) is 0 Å². The van der Waals surface area contributed by atoms with Gasteiger partial charge in [0.15, 0.2) is 17.7 Å². The number of nitrogens with zero attached hydrogens (tertiary/aromatic N) is 3. The van der Waals surface area contributed by atoms with Gasteiger partial charge >= 0.3 is 0 Å². The van der Waals surface area contributed by atoms with Gasteiger partial charge in [-0.3, -0.25) is 0 Å². The molecule has 2 N–H and O–H groups in total. The van der Waals surface area contributed by atoms with Gasteiger partial charge in [-0.1, -0.05) is 0 Å². The first-order valence-corrected chi connectivity index (χ1v) is 9.25. The van der Waals surface area contributed by atoms with Crippen molar-refractivity contribution in [3.8, 4) is 23.1 Å². The van der Waals surface area contributed by atoms with Crippen LogP contribution in [0, 0.1) is 0 Å². The molecule has 3 heterocycles. The van der Waals surface area contributed by atoms with E-state index in [0.717, 1.165) is 16.9 Å². The first-order chi connectivity index (χ1) is 14.7. The molecule has 1 atom stereocenters. The maximum atomic E-state index is 5.42. The number of hydrogen-bond donors (Lipinski definition) is 2. The number of anilines is 2. The smallest absolute Gasteiger partial charge is 0.213 e. The predicted octanol–water partition coefficient (Wildman–Crippen LogP) is 2.73. The van der Waals surface area contributed by atoms with Crippen molar-refractivity contribution in [2.45, 2.75) is 6.17 Å². The van der Waals surface area contributed by atoms with Crippen LogP contribution in [0.4, 0.5) is 11.4 Å². The standard InChI is InChI=1S/C21H23N5O4/c1-27-16-9-14(10-17(28-2)19(16)30-4)24-21-23-11-13-7-8-26(20(13)25-21)15-5-6-18(29-3)22-12-15/h5-12,20H,1-4H3,(H2,23,24,25). The average molecular weight is 409 g/mol. The highest BCUT2D eigenvalue weighted by Gasteiger charge is 2.28. The summed E-state index contributed by atoms with van der Waals surface area (Å²) in [4.78, 5) is 11.1. The molecule has 2 aliphatic rings. The first-order valence-electron chi connectivity index (χ1n) is 9.25. The average Bonchev–Trinajstić information content (AvgIpc) is 3.21. The van der Waals surface area contributed by atoms with E-state index in [-0.39, 0.29) is 6.17 Å². The van der Waals surface area contributed by atoms with Crippen LogP contribution in [0.25, 0.3) is 0 Å². The van der Waals surface area contributed by atoms with Gasteiger partial charge < -0.3 is 34.5 Å². The molecule has 0 aliphatic carbocycles. The minimum Gasteiger partial charge on any atom is -0.493 e. The zero-order chi connectivity index (χ0) is 21.1. The van der Waals surface area contributed by atoms with Crippen molar-refractivity contribution in [1.29, 1.82) is 0 Å². The lowest BCUT2D eigenvalue weighted by atomic mass is 10.2. The number of ether oxygens (including phenoxy) is 4. The minimum absolute atomic E-state index is 0.203. The lowest BCUT2D eigenvalue weighted by molar-refractivity contribution is 0.324. The fourth-order valence-corrected chi connectivity index (χ4v) is 3.30. The Balaban J connectivity index is 1.58.